The lowest BCUT2D eigenvalue weighted by molar-refractivity contribution is 0.00338. The third-order valence-electron chi connectivity index (χ3n) is 3.01. The Hall–Kier alpha value is -1.31. The zero-order valence-corrected chi connectivity index (χ0v) is 10.9. The second kappa shape index (κ2) is 5.77. The number of nitrogens with two attached hydrogens (primary N) is 1. The van der Waals surface area contributed by atoms with E-state index in [2.05, 4.69) is 12.2 Å². The first kappa shape index (κ1) is 14.1. The summed E-state index contributed by atoms with van der Waals surface area (Å²) in [5.41, 5.74) is 5.33. The maximum atomic E-state index is 14.0. The van der Waals surface area contributed by atoms with E-state index >= 15 is 0 Å². The van der Waals surface area contributed by atoms with Gasteiger partial charge in [-0.1, -0.05) is 12.2 Å². The predicted octanol–water partition coefficient (Wildman–Crippen LogP) is 0.796. The molecule has 0 radical (unpaired) electrons. The van der Waals surface area contributed by atoms with Crippen molar-refractivity contribution in [1.29, 1.82) is 0 Å². The number of thiocarbonyl (C=S) groups is 1. The highest BCUT2D eigenvalue weighted by Gasteiger charge is 2.24. The lowest BCUT2D eigenvalue weighted by Gasteiger charge is -2.34. The van der Waals surface area contributed by atoms with E-state index in [-0.39, 0.29) is 22.8 Å². The van der Waals surface area contributed by atoms with Crippen LogP contribution in [-0.2, 0) is 4.74 Å². The Morgan fingerprint density at radius 2 is 2.21 bits per heavy atom. The van der Waals surface area contributed by atoms with Gasteiger partial charge in [-0.25, -0.2) is 8.78 Å². The highest BCUT2D eigenvalue weighted by molar-refractivity contribution is 7.80. The van der Waals surface area contributed by atoms with E-state index in [0.29, 0.717) is 19.7 Å². The van der Waals surface area contributed by atoms with Crippen molar-refractivity contribution in [2.75, 3.05) is 31.2 Å². The number of halogens is 2. The molecule has 1 atom stereocenters. The van der Waals surface area contributed by atoms with Crippen LogP contribution in [0.2, 0.25) is 0 Å². The van der Waals surface area contributed by atoms with Gasteiger partial charge in [-0.15, -0.1) is 0 Å². The first-order chi connectivity index (χ1) is 9.04. The zero-order chi connectivity index (χ0) is 14.0. The summed E-state index contributed by atoms with van der Waals surface area (Å²) in [6, 6.07) is 2.80. The fourth-order valence-corrected chi connectivity index (χ4v) is 2.18. The lowest BCUT2D eigenvalue weighted by Crippen LogP contribution is -2.44. The molecule has 0 saturated carbocycles. The molecular weight excluding hydrogens is 274 g/mol. The monoisotopic (exact) mass is 288 g/mol. The Bertz CT molecular complexity index is 499. The van der Waals surface area contributed by atoms with E-state index in [4.69, 9.17) is 15.6 Å². The Labute approximate surface area is 114 Å². The van der Waals surface area contributed by atoms with Gasteiger partial charge < -0.3 is 20.5 Å². The van der Waals surface area contributed by atoms with Crippen molar-refractivity contribution in [2.45, 2.75) is 6.10 Å². The van der Waals surface area contributed by atoms with Crippen LogP contribution in [0.1, 0.15) is 5.56 Å². The van der Waals surface area contributed by atoms with Gasteiger partial charge in [0, 0.05) is 18.7 Å². The number of benzene rings is 1. The van der Waals surface area contributed by atoms with Gasteiger partial charge in [-0.2, -0.15) is 0 Å². The summed E-state index contributed by atoms with van der Waals surface area (Å²) in [6.45, 7) is 0.924. The smallest absolute Gasteiger partial charge is 0.182 e. The summed E-state index contributed by atoms with van der Waals surface area (Å²) < 4.78 is 33.1. The maximum Gasteiger partial charge on any atom is 0.182 e. The molecule has 104 valence electrons. The van der Waals surface area contributed by atoms with Crippen molar-refractivity contribution < 1.29 is 18.6 Å². The Balaban J connectivity index is 2.30. The average Bonchev–Trinajstić information content (AvgIpc) is 2.41. The van der Waals surface area contributed by atoms with Gasteiger partial charge in [0.25, 0.3) is 0 Å². The summed E-state index contributed by atoms with van der Waals surface area (Å²) in [4.78, 5) is 1.45. The molecule has 0 aromatic heterocycles. The van der Waals surface area contributed by atoms with Crippen LogP contribution in [0.5, 0.6) is 0 Å². The minimum atomic E-state index is -1.04. The quantitative estimate of drug-likeness (QED) is 0.806. The lowest BCUT2D eigenvalue weighted by atomic mass is 10.1. The van der Waals surface area contributed by atoms with Crippen molar-refractivity contribution in [2.24, 2.45) is 5.73 Å². The standard InChI is InChI=1S/C12H14F2N2O2S/c13-10-8(12(15)19)1-2-9(11(10)14)16-3-4-18-7(5-16)6-17/h1-2,7,17H,3-6H2,(H2,15,19). The Kier molecular flexibility index (Phi) is 4.28. The van der Waals surface area contributed by atoms with Crippen LogP contribution in [0, 0.1) is 11.6 Å². The molecule has 3 N–H and O–H groups in total. The molecule has 1 aliphatic heterocycles. The molecule has 1 fully saturated rings. The van der Waals surface area contributed by atoms with Crippen LogP contribution >= 0.6 is 12.2 Å². The summed E-state index contributed by atoms with van der Waals surface area (Å²) in [5, 5.41) is 9.04. The van der Waals surface area contributed by atoms with Crippen molar-refractivity contribution in [1.82, 2.24) is 0 Å². The minimum Gasteiger partial charge on any atom is -0.394 e. The van der Waals surface area contributed by atoms with Crippen LogP contribution in [0.25, 0.3) is 0 Å². The molecule has 1 unspecified atom stereocenters. The molecule has 4 nitrogen and oxygen atoms in total. The van der Waals surface area contributed by atoms with Crippen molar-refractivity contribution in [3.63, 3.8) is 0 Å². The van der Waals surface area contributed by atoms with Gasteiger partial charge >= 0.3 is 0 Å². The molecule has 0 bridgehead atoms. The Morgan fingerprint density at radius 1 is 1.47 bits per heavy atom. The highest BCUT2D eigenvalue weighted by atomic mass is 32.1. The molecule has 1 aliphatic rings. The number of anilines is 1. The van der Waals surface area contributed by atoms with Crippen LogP contribution < -0.4 is 10.6 Å². The number of rotatable bonds is 3. The fraction of sp³-hybridized carbons (Fsp3) is 0.417. The molecule has 0 amide bonds. The van der Waals surface area contributed by atoms with Gasteiger partial charge in [0.2, 0.25) is 0 Å². The van der Waals surface area contributed by atoms with E-state index in [1.54, 1.807) is 4.90 Å². The van der Waals surface area contributed by atoms with E-state index in [1.165, 1.54) is 12.1 Å². The topological polar surface area (TPSA) is 58.7 Å². The number of aliphatic hydroxyl groups is 1. The number of ether oxygens (including phenoxy) is 1. The SMILES string of the molecule is NC(=S)c1ccc(N2CCOC(CO)C2)c(F)c1F. The third-order valence-corrected chi connectivity index (χ3v) is 3.23. The van der Waals surface area contributed by atoms with E-state index in [0.717, 1.165) is 0 Å². The van der Waals surface area contributed by atoms with Gasteiger partial charge in [-0.3, -0.25) is 0 Å². The van der Waals surface area contributed by atoms with E-state index in [9.17, 15) is 8.78 Å². The van der Waals surface area contributed by atoms with Crippen molar-refractivity contribution >= 4 is 22.9 Å². The molecule has 1 aromatic rings. The van der Waals surface area contributed by atoms with Crippen LogP contribution in [0.3, 0.4) is 0 Å². The number of hydrogen-bond donors (Lipinski definition) is 2. The van der Waals surface area contributed by atoms with Gasteiger partial charge in [0.1, 0.15) is 4.99 Å². The van der Waals surface area contributed by atoms with E-state index < -0.39 is 17.7 Å². The number of nitrogens with zero attached hydrogens (tertiary/aromatic N) is 1. The second-order valence-corrected chi connectivity index (χ2v) is 4.69. The zero-order valence-electron chi connectivity index (χ0n) is 10.1. The minimum absolute atomic E-state index is 0.108. The third kappa shape index (κ3) is 2.83. The van der Waals surface area contributed by atoms with Crippen molar-refractivity contribution in [3.05, 3.63) is 29.3 Å². The fourth-order valence-electron chi connectivity index (χ4n) is 2.02. The first-order valence-corrected chi connectivity index (χ1v) is 6.20. The van der Waals surface area contributed by atoms with Crippen LogP contribution in [0.15, 0.2) is 12.1 Å². The highest BCUT2D eigenvalue weighted by Crippen LogP contribution is 2.25. The molecule has 1 heterocycles. The molecule has 7 heteroatoms. The molecule has 0 aliphatic carbocycles. The molecular formula is C12H14F2N2O2S. The summed E-state index contributed by atoms with van der Waals surface area (Å²) in [5.74, 6) is -2.03. The molecule has 19 heavy (non-hydrogen) atoms. The first-order valence-electron chi connectivity index (χ1n) is 5.79. The number of hydrogen-bond acceptors (Lipinski definition) is 4. The number of aliphatic hydroxyl groups excluding tert-OH is 1. The number of morpholine rings is 1. The largest absolute Gasteiger partial charge is 0.394 e. The average molecular weight is 288 g/mol. The van der Waals surface area contributed by atoms with Crippen LogP contribution in [0.4, 0.5) is 14.5 Å². The second-order valence-electron chi connectivity index (χ2n) is 4.25. The molecule has 1 aromatic carbocycles. The van der Waals surface area contributed by atoms with Gasteiger partial charge in [0.05, 0.1) is 25.0 Å². The summed E-state index contributed by atoms with van der Waals surface area (Å²) >= 11 is 4.65. The van der Waals surface area contributed by atoms with E-state index in [1.807, 2.05) is 0 Å². The predicted molar refractivity (Wildman–Crippen MR) is 71.3 cm³/mol. The van der Waals surface area contributed by atoms with Gasteiger partial charge in [0.15, 0.2) is 11.6 Å². The Morgan fingerprint density at radius 3 is 2.84 bits per heavy atom. The maximum absolute atomic E-state index is 14.0. The molecule has 1 saturated heterocycles. The summed E-state index contributed by atoms with van der Waals surface area (Å²) in [7, 11) is 0. The van der Waals surface area contributed by atoms with Gasteiger partial charge in [-0.05, 0) is 12.1 Å². The molecule has 0 spiro atoms. The van der Waals surface area contributed by atoms with Crippen molar-refractivity contribution in [3.8, 4) is 0 Å². The normalized spacial score (nSPS) is 19.5. The molecule has 2 rings (SSSR count). The van der Waals surface area contributed by atoms with Crippen LogP contribution in [-0.4, -0.2) is 42.5 Å². The summed E-state index contributed by atoms with van der Waals surface area (Å²) in [6.07, 6.45) is -0.397.